The highest BCUT2D eigenvalue weighted by molar-refractivity contribution is 6.53. The number of ketones is 6. The molecule has 0 spiro atoms. The summed E-state index contributed by atoms with van der Waals surface area (Å²) in [5.74, 6) is -43.1. The zero-order chi connectivity index (χ0) is 50.8. The highest BCUT2D eigenvalue weighted by Gasteiger charge is 2.82. The van der Waals surface area contributed by atoms with Crippen LogP contribution in [0.5, 0.6) is 86.2 Å². The first-order valence-corrected chi connectivity index (χ1v) is 17.9. The van der Waals surface area contributed by atoms with Gasteiger partial charge in [0.2, 0.25) is 80.3 Å². The molecule has 352 valence electrons. The highest BCUT2D eigenvalue weighted by Crippen LogP contribution is 2.53. The summed E-state index contributed by atoms with van der Waals surface area (Å²) >= 11 is 0. The van der Waals surface area contributed by atoms with Crippen molar-refractivity contribution in [1.82, 2.24) is 0 Å². The van der Waals surface area contributed by atoms with E-state index in [2.05, 4.69) is 0 Å². The third-order valence-corrected chi connectivity index (χ3v) is 10.6. The fraction of sp³-hybridized carbons (Fsp3) is 0.122. The number of aromatic hydroxyl groups is 15. The summed E-state index contributed by atoms with van der Waals surface area (Å²) < 4.78 is 0. The molecule has 0 radical (unpaired) electrons. The van der Waals surface area contributed by atoms with E-state index >= 15 is 14.4 Å². The standard InChI is InChI=1S/C41H32O26/c42-11-38(64,33(59)13-2-7-18(44)29(55)23(13)49)40(66,35(61)15-4-9-20(46)31(57)25(15)51)41(67,36(62)16-5-10-21(47)32(58)26(16)52)39(65,34(60)14-3-8-19(45)30(56)24(14)50)37(63)27(53)12-1-6-17(43)28(54)22(12)48/h1-10,42-52,54-58,64-67H,11H2/t38-,39-,40+,41+/m0/s1. The second-order valence-corrected chi connectivity index (χ2v) is 14.3. The quantitative estimate of drug-likeness (QED) is 0.0245. The Kier molecular flexibility index (Phi) is 12.0. The van der Waals surface area contributed by atoms with Crippen LogP contribution in [0.25, 0.3) is 0 Å². The molecule has 67 heavy (non-hydrogen) atoms. The van der Waals surface area contributed by atoms with Crippen molar-refractivity contribution < 1.29 is 131 Å². The maximum absolute atomic E-state index is 15.3. The van der Waals surface area contributed by atoms with E-state index in [1.165, 1.54) is 0 Å². The lowest BCUT2D eigenvalue weighted by Gasteiger charge is -2.53. The minimum absolute atomic E-state index is 0.0565. The third-order valence-electron chi connectivity index (χ3n) is 10.6. The second-order valence-electron chi connectivity index (χ2n) is 14.3. The van der Waals surface area contributed by atoms with E-state index in [1.807, 2.05) is 0 Å². The topological polar surface area (TPSA) is 507 Å². The fourth-order valence-corrected chi connectivity index (χ4v) is 6.88. The van der Waals surface area contributed by atoms with Crippen LogP contribution >= 0.6 is 0 Å². The number of hydrogen-bond acceptors (Lipinski definition) is 26. The van der Waals surface area contributed by atoms with Crippen molar-refractivity contribution in [2.75, 3.05) is 6.61 Å². The summed E-state index contributed by atoms with van der Waals surface area (Å²) in [4.78, 5) is 89.3. The van der Waals surface area contributed by atoms with Gasteiger partial charge in [0.15, 0.2) is 63.1 Å². The molecule has 0 aliphatic heterocycles. The molecule has 0 aliphatic rings. The minimum Gasteiger partial charge on any atom is -0.504 e. The Morgan fingerprint density at radius 2 is 0.582 bits per heavy atom. The van der Waals surface area contributed by atoms with Gasteiger partial charge in [-0.05, 0) is 60.7 Å². The van der Waals surface area contributed by atoms with Crippen LogP contribution in [0.4, 0.5) is 0 Å². The lowest BCUT2D eigenvalue weighted by atomic mass is 9.54. The molecule has 0 saturated heterocycles. The van der Waals surface area contributed by atoms with Gasteiger partial charge in [0.05, 0.1) is 34.4 Å². The Hall–Kier alpha value is -9.08. The van der Waals surface area contributed by atoms with E-state index in [9.17, 15) is 117 Å². The van der Waals surface area contributed by atoms with Gasteiger partial charge in [-0.25, -0.2) is 0 Å². The fourth-order valence-electron chi connectivity index (χ4n) is 6.88. The van der Waals surface area contributed by atoms with Crippen LogP contribution in [0.2, 0.25) is 0 Å². The zero-order valence-corrected chi connectivity index (χ0v) is 32.9. The molecule has 0 aliphatic carbocycles. The van der Waals surface area contributed by atoms with E-state index in [0.717, 1.165) is 0 Å². The summed E-state index contributed by atoms with van der Waals surface area (Å²) in [7, 11) is 0. The van der Waals surface area contributed by atoms with E-state index in [0.29, 0.717) is 12.1 Å². The Balaban J connectivity index is 2.16. The molecule has 20 N–H and O–H groups in total. The van der Waals surface area contributed by atoms with Gasteiger partial charge in [-0.3, -0.25) is 28.8 Å². The van der Waals surface area contributed by atoms with Crippen molar-refractivity contribution in [3.63, 3.8) is 0 Å². The van der Waals surface area contributed by atoms with Crippen LogP contribution in [0.15, 0.2) is 60.7 Å². The second kappa shape index (κ2) is 16.5. The number of phenols is 15. The van der Waals surface area contributed by atoms with Crippen molar-refractivity contribution in [2.45, 2.75) is 22.4 Å². The van der Waals surface area contributed by atoms with Crippen LogP contribution in [0.3, 0.4) is 0 Å². The summed E-state index contributed by atoms with van der Waals surface area (Å²) in [6.45, 7) is -2.77. The maximum Gasteiger partial charge on any atom is 0.246 e. The summed E-state index contributed by atoms with van der Waals surface area (Å²) in [5, 5.41) is 218. The smallest absolute Gasteiger partial charge is 0.246 e. The van der Waals surface area contributed by atoms with Gasteiger partial charge in [-0.2, -0.15) is 0 Å². The SMILES string of the molecule is O=C(C(=O)[C@@](O)(C(=O)c1ccc(O)c(O)c1O)[C@](O)(C(=O)c1ccc(O)c(O)c1O)[C@@](O)(C(=O)c1ccc(O)c(O)c1O)[C@](O)(CO)C(=O)c1ccc(O)c(O)c1O)c1ccc(O)c(O)c1O. The van der Waals surface area contributed by atoms with E-state index < -0.39 is 178 Å². The number of aliphatic hydroxyl groups excluding tert-OH is 1. The number of hydrogen-bond donors (Lipinski definition) is 20. The highest BCUT2D eigenvalue weighted by atomic mass is 16.4. The van der Waals surface area contributed by atoms with Gasteiger partial charge in [0.25, 0.3) is 0 Å². The van der Waals surface area contributed by atoms with Gasteiger partial charge in [0, 0.05) is 0 Å². The molecular weight excluding hydrogens is 908 g/mol. The van der Waals surface area contributed by atoms with Gasteiger partial charge in [-0.15, -0.1) is 0 Å². The number of benzene rings is 5. The van der Waals surface area contributed by atoms with Gasteiger partial charge in [0.1, 0.15) is 0 Å². The van der Waals surface area contributed by atoms with E-state index in [-0.39, 0.29) is 48.5 Å². The van der Waals surface area contributed by atoms with Crippen molar-refractivity contribution >= 4 is 34.7 Å². The van der Waals surface area contributed by atoms with Crippen molar-refractivity contribution in [1.29, 1.82) is 0 Å². The first-order chi connectivity index (χ1) is 31.0. The molecule has 0 heterocycles. The van der Waals surface area contributed by atoms with Crippen LogP contribution < -0.4 is 0 Å². The van der Waals surface area contributed by atoms with E-state index in [4.69, 9.17) is 0 Å². The Morgan fingerprint density at radius 3 is 0.896 bits per heavy atom. The summed E-state index contributed by atoms with van der Waals surface area (Å²) in [6.07, 6.45) is 0. The predicted molar refractivity (Wildman–Crippen MR) is 211 cm³/mol. The largest absolute Gasteiger partial charge is 0.504 e. The molecular formula is C41H32O26. The molecule has 0 unspecified atom stereocenters. The first-order valence-electron chi connectivity index (χ1n) is 17.9. The number of aliphatic hydroxyl groups is 5. The number of phenolic OH excluding ortho intramolecular Hbond substituents is 15. The average Bonchev–Trinajstić information content (AvgIpc) is 3.30. The Bertz CT molecular complexity index is 3000. The average molecular weight is 941 g/mol. The van der Waals surface area contributed by atoms with Crippen LogP contribution in [-0.4, -0.2) is 166 Å². The molecule has 5 aromatic rings. The molecule has 0 aromatic heterocycles. The van der Waals surface area contributed by atoms with E-state index in [1.54, 1.807) is 0 Å². The first kappa shape index (κ1) is 48.9. The monoisotopic (exact) mass is 940 g/mol. The normalized spacial score (nSPS) is 14.9. The number of Topliss-reactive ketones (excluding diaryl/α,β-unsaturated/α-hetero) is 6. The van der Waals surface area contributed by atoms with Crippen molar-refractivity contribution in [2.24, 2.45) is 0 Å². The van der Waals surface area contributed by atoms with Crippen LogP contribution in [0.1, 0.15) is 51.8 Å². The summed E-state index contributed by atoms with van der Waals surface area (Å²) in [5.41, 5.74) is -32.0. The molecule has 0 fully saturated rings. The zero-order valence-electron chi connectivity index (χ0n) is 32.9. The van der Waals surface area contributed by atoms with Crippen molar-refractivity contribution in [3.05, 3.63) is 88.5 Å². The predicted octanol–water partition coefficient (Wildman–Crippen LogP) is -1.53. The molecule has 0 amide bonds. The molecule has 4 atom stereocenters. The molecule has 26 heteroatoms. The lowest BCUT2D eigenvalue weighted by molar-refractivity contribution is -0.230. The van der Waals surface area contributed by atoms with Gasteiger partial charge in [-0.1, -0.05) is 0 Å². The Labute approximate surface area is 369 Å². The van der Waals surface area contributed by atoms with Gasteiger partial charge >= 0.3 is 0 Å². The number of carbonyl (C=O) groups is 6. The molecule has 0 saturated carbocycles. The minimum atomic E-state index is -6.02. The van der Waals surface area contributed by atoms with Gasteiger partial charge < -0.3 is 102 Å². The maximum atomic E-state index is 15.3. The number of carbonyl (C=O) groups excluding carboxylic acids is 6. The lowest BCUT2D eigenvalue weighted by Crippen LogP contribution is -2.86. The molecule has 0 bridgehead atoms. The molecule has 5 aromatic carbocycles. The third kappa shape index (κ3) is 6.71. The van der Waals surface area contributed by atoms with Crippen LogP contribution in [0, 0.1) is 0 Å². The van der Waals surface area contributed by atoms with Crippen LogP contribution in [-0.2, 0) is 4.79 Å². The van der Waals surface area contributed by atoms with Crippen molar-refractivity contribution in [3.8, 4) is 86.2 Å². The summed E-state index contributed by atoms with van der Waals surface area (Å²) in [6, 6.07) is 2.00. The molecule has 5 rings (SSSR count). The Morgan fingerprint density at radius 1 is 0.328 bits per heavy atom. The number of rotatable bonds is 15. The molecule has 26 nitrogen and oxygen atoms in total.